The van der Waals surface area contributed by atoms with Gasteiger partial charge in [-0.05, 0) is 32.1 Å². The van der Waals surface area contributed by atoms with Crippen LogP contribution in [-0.4, -0.2) is 44.3 Å². The van der Waals surface area contributed by atoms with Gasteiger partial charge in [0.25, 0.3) is 0 Å². The molecule has 3 atom stereocenters. The highest BCUT2D eigenvalue weighted by Crippen LogP contribution is 2.40. The normalized spacial score (nSPS) is 28.2. The van der Waals surface area contributed by atoms with Gasteiger partial charge >= 0.3 is 12.0 Å². The second-order valence-corrected chi connectivity index (χ2v) is 6.85. The van der Waals surface area contributed by atoms with Gasteiger partial charge in [-0.2, -0.15) is 0 Å². The van der Waals surface area contributed by atoms with Crippen molar-refractivity contribution in [2.75, 3.05) is 5.32 Å². The summed E-state index contributed by atoms with van der Waals surface area (Å²) in [6.07, 6.45) is 4.63. The van der Waals surface area contributed by atoms with Crippen molar-refractivity contribution in [1.82, 2.24) is 15.1 Å². The summed E-state index contributed by atoms with van der Waals surface area (Å²) in [6, 6.07) is -1.06. The van der Waals surface area contributed by atoms with Crippen LogP contribution >= 0.6 is 11.3 Å². The number of carbonyl (C=O) groups is 2. The smallest absolute Gasteiger partial charge is 0.326 e. The molecule has 0 radical (unpaired) electrons. The fraction of sp³-hybridized carbons (Fsp3) is 0.692. The Morgan fingerprint density at radius 1 is 1.33 bits per heavy atom. The largest absolute Gasteiger partial charge is 0.480 e. The number of anilines is 1. The lowest BCUT2D eigenvalue weighted by atomic mass is 9.85. The first-order valence-corrected chi connectivity index (χ1v) is 8.00. The Labute approximate surface area is 126 Å². The number of rotatable bonds is 2. The molecule has 2 aliphatic rings. The summed E-state index contributed by atoms with van der Waals surface area (Å²) in [7, 11) is 0. The second kappa shape index (κ2) is 5.59. The van der Waals surface area contributed by atoms with E-state index in [-0.39, 0.29) is 12.1 Å². The molecule has 1 saturated heterocycles. The Morgan fingerprint density at radius 3 is 2.76 bits per heavy atom. The molecule has 8 heteroatoms. The van der Waals surface area contributed by atoms with Crippen LogP contribution in [0.25, 0.3) is 0 Å². The van der Waals surface area contributed by atoms with Crippen LogP contribution < -0.4 is 5.32 Å². The number of carbonyl (C=O) groups excluding carboxylic acids is 1. The number of aromatic nitrogens is 2. The molecular weight excluding hydrogens is 292 g/mol. The molecule has 2 N–H and O–H groups in total. The summed E-state index contributed by atoms with van der Waals surface area (Å²) in [6.45, 7) is 1.81. The van der Waals surface area contributed by atoms with E-state index in [0.29, 0.717) is 17.5 Å². The SMILES string of the molecule is Cc1nnc(NC(=O)N2C(C(=O)O)CC3CCCCC32)s1. The predicted octanol–water partition coefficient (Wildman–Crippen LogP) is 2.10. The van der Waals surface area contributed by atoms with E-state index in [2.05, 4.69) is 15.5 Å². The highest BCUT2D eigenvalue weighted by molar-refractivity contribution is 7.15. The number of hydrogen-bond donors (Lipinski definition) is 2. The molecule has 1 saturated carbocycles. The van der Waals surface area contributed by atoms with Crippen molar-refractivity contribution < 1.29 is 14.7 Å². The number of nitrogens with one attached hydrogen (secondary N) is 1. The minimum Gasteiger partial charge on any atom is -0.480 e. The molecule has 7 nitrogen and oxygen atoms in total. The van der Waals surface area contributed by atoms with Crippen LogP contribution in [0.3, 0.4) is 0 Å². The van der Waals surface area contributed by atoms with Gasteiger partial charge in [0.05, 0.1) is 0 Å². The number of nitrogens with zero attached hydrogens (tertiary/aromatic N) is 3. The lowest BCUT2D eigenvalue weighted by Crippen LogP contribution is -2.48. The number of aliphatic carboxylic acids is 1. The van der Waals surface area contributed by atoms with Crippen molar-refractivity contribution in [1.29, 1.82) is 0 Å². The monoisotopic (exact) mass is 310 g/mol. The van der Waals surface area contributed by atoms with Gasteiger partial charge in [0, 0.05) is 6.04 Å². The highest BCUT2D eigenvalue weighted by atomic mass is 32.1. The zero-order valence-corrected chi connectivity index (χ0v) is 12.6. The van der Waals surface area contributed by atoms with Crippen LogP contribution in [0.1, 0.15) is 37.1 Å². The van der Waals surface area contributed by atoms with E-state index < -0.39 is 12.0 Å². The fourth-order valence-corrected chi connectivity index (χ4v) is 4.06. The van der Waals surface area contributed by atoms with Crippen LogP contribution in [0.2, 0.25) is 0 Å². The van der Waals surface area contributed by atoms with Crippen LogP contribution in [0, 0.1) is 12.8 Å². The molecule has 21 heavy (non-hydrogen) atoms. The maximum absolute atomic E-state index is 12.5. The number of urea groups is 1. The van der Waals surface area contributed by atoms with Gasteiger partial charge in [0.1, 0.15) is 11.0 Å². The summed E-state index contributed by atoms with van der Waals surface area (Å²) in [5.41, 5.74) is 0. The molecule has 0 aromatic carbocycles. The van der Waals surface area contributed by atoms with E-state index in [1.54, 1.807) is 6.92 Å². The molecule has 3 unspecified atom stereocenters. The van der Waals surface area contributed by atoms with Crippen molar-refractivity contribution in [2.24, 2.45) is 5.92 Å². The molecule has 1 aliphatic carbocycles. The third-order valence-electron chi connectivity index (χ3n) is 4.35. The molecule has 2 fully saturated rings. The maximum Gasteiger partial charge on any atom is 0.326 e. The number of likely N-dealkylation sites (tertiary alicyclic amines) is 1. The van der Waals surface area contributed by atoms with Gasteiger partial charge in [-0.1, -0.05) is 24.2 Å². The predicted molar refractivity (Wildman–Crippen MR) is 77.3 cm³/mol. The number of amides is 2. The molecule has 1 aliphatic heterocycles. The summed E-state index contributed by atoms with van der Waals surface area (Å²) in [4.78, 5) is 25.5. The second-order valence-electron chi connectivity index (χ2n) is 5.67. The average molecular weight is 310 g/mol. The van der Waals surface area contributed by atoms with Gasteiger partial charge < -0.3 is 10.0 Å². The molecule has 1 aromatic rings. The third kappa shape index (κ3) is 2.72. The lowest BCUT2D eigenvalue weighted by Gasteiger charge is -2.32. The van der Waals surface area contributed by atoms with Gasteiger partial charge in [0.2, 0.25) is 5.13 Å². The Bertz CT molecular complexity index is 561. The van der Waals surface area contributed by atoms with Crippen LogP contribution in [0.4, 0.5) is 9.93 Å². The molecule has 114 valence electrons. The van der Waals surface area contributed by atoms with E-state index in [0.717, 1.165) is 30.7 Å². The summed E-state index contributed by atoms with van der Waals surface area (Å²) in [5, 5.41) is 21.0. The first kappa shape index (κ1) is 14.2. The van der Waals surface area contributed by atoms with Crippen molar-refractivity contribution in [3.05, 3.63) is 5.01 Å². The van der Waals surface area contributed by atoms with Gasteiger partial charge in [0.15, 0.2) is 0 Å². The molecule has 2 amide bonds. The topological polar surface area (TPSA) is 95.4 Å². The Hall–Kier alpha value is -1.70. The number of aryl methyl sites for hydroxylation is 1. The zero-order valence-electron chi connectivity index (χ0n) is 11.8. The first-order chi connectivity index (χ1) is 10.1. The van der Waals surface area contributed by atoms with Crippen LogP contribution in [0.5, 0.6) is 0 Å². The van der Waals surface area contributed by atoms with Crippen molar-refractivity contribution >= 4 is 28.5 Å². The van der Waals surface area contributed by atoms with Crippen molar-refractivity contribution in [3.8, 4) is 0 Å². The van der Waals surface area contributed by atoms with Crippen molar-refractivity contribution in [3.63, 3.8) is 0 Å². The maximum atomic E-state index is 12.5. The summed E-state index contributed by atoms with van der Waals surface area (Å²) >= 11 is 1.29. The minimum absolute atomic E-state index is 0.0360. The quantitative estimate of drug-likeness (QED) is 0.872. The molecule has 0 spiro atoms. The Balaban J connectivity index is 1.79. The Kier molecular flexibility index (Phi) is 3.79. The summed E-state index contributed by atoms with van der Waals surface area (Å²) in [5.74, 6) is -0.616. The molecular formula is C13H18N4O3S. The lowest BCUT2D eigenvalue weighted by molar-refractivity contribution is -0.141. The van der Waals surface area contributed by atoms with E-state index in [4.69, 9.17) is 0 Å². The molecule has 3 rings (SSSR count). The van der Waals surface area contributed by atoms with E-state index >= 15 is 0 Å². The Morgan fingerprint density at radius 2 is 2.10 bits per heavy atom. The van der Waals surface area contributed by atoms with Crippen LogP contribution in [-0.2, 0) is 4.79 Å². The first-order valence-electron chi connectivity index (χ1n) is 7.18. The van der Waals surface area contributed by atoms with E-state index in [1.165, 1.54) is 16.2 Å². The molecule has 1 aromatic heterocycles. The number of carboxylic acid groups (broad SMARTS) is 1. The number of hydrogen-bond acceptors (Lipinski definition) is 5. The van der Waals surface area contributed by atoms with Gasteiger partial charge in [-0.3, -0.25) is 5.32 Å². The third-order valence-corrected chi connectivity index (χ3v) is 5.10. The van der Waals surface area contributed by atoms with E-state index in [1.807, 2.05) is 0 Å². The summed E-state index contributed by atoms with van der Waals surface area (Å²) < 4.78 is 0. The zero-order chi connectivity index (χ0) is 15.0. The number of carboxylic acids is 1. The van der Waals surface area contributed by atoms with Crippen LogP contribution in [0.15, 0.2) is 0 Å². The molecule has 2 heterocycles. The van der Waals surface area contributed by atoms with E-state index in [9.17, 15) is 14.7 Å². The standard InChI is InChI=1S/C13H18N4O3S/c1-7-15-16-12(21-7)14-13(20)17-9-5-3-2-4-8(9)6-10(17)11(18)19/h8-10H,2-6H2,1H3,(H,18,19)(H,14,16,20). The average Bonchev–Trinajstić information content (AvgIpc) is 3.02. The van der Waals surface area contributed by atoms with Gasteiger partial charge in [-0.15, -0.1) is 10.2 Å². The highest BCUT2D eigenvalue weighted by Gasteiger charge is 2.47. The molecule has 0 bridgehead atoms. The van der Waals surface area contributed by atoms with Gasteiger partial charge in [-0.25, -0.2) is 9.59 Å². The fourth-order valence-electron chi connectivity index (χ4n) is 3.48. The van der Waals surface area contributed by atoms with Crippen molar-refractivity contribution in [2.45, 2.75) is 51.1 Å². The minimum atomic E-state index is -0.923. The number of fused-ring (bicyclic) bond motifs is 1.